The van der Waals surface area contributed by atoms with Crippen molar-refractivity contribution in [2.24, 2.45) is 0 Å². The number of nitrogens with one attached hydrogen (secondary N) is 1. The minimum Gasteiger partial charge on any atom is -0.497 e. The number of ether oxygens (including phenoxy) is 2. The lowest BCUT2D eigenvalue weighted by molar-refractivity contribution is -0.159. The molecule has 0 aromatic heterocycles. The van der Waals surface area contributed by atoms with Gasteiger partial charge in [0, 0.05) is 20.2 Å². The van der Waals surface area contributed by atoms with Gasteiger partial charge in [-0.25, -0.2) is 9.59 Å². The lowest BCUT2D eigenvalue weighted by atomic mass is 10.2. The van der Waals surface area contributed by atoms with Gasteiger partial charge in [0.1, 0.15) is 5.75 Å². The molecule has 0 aliphatic rings. The van der Waals surface area contributed by atoms with E-state index in [0.717, 1.165) is 17.9 Å². The Hall–Kier alpha value is -2.16. The largest absolute Gasteiger partial charge is 0.497 e. The molecule has 0 aliphatic heterocycles. The summed E-state index contributed by atoms with van der Waals surface area (Å²) in [6.07, 6.45) is -0.455. The van der Waals surface area contributed by atoms with Crippen molar-refractivity contribution in [3.63, 3.8) is 0 Å². The number of rotatable bonds is 7. The van der Waals surface area contributed by atoms with Crippen LogP contribution in [0.4, 0.5) is 0 Å². The molecular weight excluding hydrogens is 294 g/mol. The molecule has 0 aliphatic carbocycles. The molecule has 0 amide bonds. The fraction of sp³-hybridized carbons (Fsp3) is 0.429. The first-order valence-corrected chi connectivity index (χ1v) is 6.37. The van der Waals surface area contributed by atoms with Crippen molar-refractivity contribution in [1.29, 1.82) is 0 Å². The monoisotopic (exact) mass is 315 g/mol. The number of carbonyl (C=O) groups is 2. The predicted octanol–water partition coefficient (Wildman–Crippen LogP) is -0.0523. The van der Waals surface area contributed by atoms with Crippen LogP contribution in [0.5, 0.6) is 5.75 Å². The number of carboxylic acids is 2. The highest BCUT2D eigenvalue weighted by molar-refractivity contribution is 6.27. The van der Waals surface area contributed by atoms with Gasteiger partial charge in [-0.05, 0) is 17.7 Å². The van der Waals surface area contributed by atoms with Crippen LogP contribution in [0, 0.1) is 0 Å². The van der Waals surface area contributed by atoms with Crippen LogP contribution < -0.4 is 10.1 Å². The van der Waals surface area contributed by atoms with E-state index in [0.29, 0.717) is 13.2 Å². The van der Waals surface area contributed by atoms with E-state index < -0.39 is 18.0 Å². The molecule has 22 heavy (non-hydrogen) atoms. The third-order valence-corrected chi connectivity index (χ3v) is 2.41. The van der Waals surface area contributed by atoms with Gasteiger partial charge < -0.3 is 30.1 Å². The van der Waals surface area contributed by atoms with E-state index in [1.807, 2.05) is 24.3 Å². The molecule has 1 rings (SSSR count). The molecule has 124 valence electrons. The fourth-order valence-corrected chi connectivity index (χ4v) is 1.38. The maximum atomic E-state index is 9.40. The predicted molar refractivity (Wildman–Crippen MR) is 77.9 cm³/mol. The second-order valence-electron chi connectivity index (χ2n) is 4.20. The van der Waals surface area contributed by atoms with Crippen molar-refractivity contribution in [2.75, 3.05) is 27.4 Å². The highest BCUT2D eigenvalue weighted by Crippen LogP contribution is 2.10. The number of hydrogen-bond acceptors (Lipinski definition) is 6. The number of carboxylic acid groups (broad SMARTS) is 2. The maximum absolute atomic E-state index is 9.40. The molecule has 0 fully saturated rings. The van der Waals surface area contributed by atoms with E-state index in [4.69, 9.17) is 29.3 Å². The number of hydrogen-bond donors (Lipinski definition) is 4. The van der Waals surface area contributed by atoms with Crippen molar-refractivity contribution >= 4 is 11.9 Å². The normalized spacial score (nSPS) is 11.0. The zero-order chi connectivity index (χ0) is 17.0. The van der Waals surface area contributed by atoms with Gasteiger partial charge in [-0.1, -0.05) is 12.1 Å². The first kappa shape index (κ1) is 19.8. The van der Waals surface area contributed by atoms with Crippen LogP contribution in [-0.4, -0.2) is 60.7 Å². The highest BCUT2D eigenvalue weighted by atomic mass is 16.5. The lowest BCUT2D eigenvalue weighted by Crippen LogP contribution is -2.29. The average molecular weight is 315 g/mol. The van der Waals surface area contributed by atoms with E-state index in [-0.39, 0.29) is 0 Å². The Morgan fingerprint density at radius 3 is 2.09 bits per heavy atom. The minimum absolute atomic E-state index is 0.357. The molecule has 1 unspecified atom stereocenters. The molecule has 1 aromatic rings. The zero-order valence-electron chi connectivity index (χ0n) is 12.5. The van der Waals surface area contributed by atoms with Crippen molar-refractivity contribution in [3.8, 4) is 5.75 Å². The van der Waals surface area contributed by atoms with Crippen molar-refractivity contribution in [2.45, 2.75) is 12.6 Å². The molecule has 0 heterocycles. The summed E-state index contributed by atoms with van der Waals surface area (Å²) >= 11 is 0. The number of aliphatic carboxylic acids is 2. The van der Waals surface area contributed by atoms with E-state index in [1.54, 1.807) is 14.2 Å². The SMILES string of the molecule is COCC(O)CNCc1ccc(OC)cc1.O=C(O)C(=O)O. The summed E-state index contributed by atoms with van der Waals surface area (Å²) < 4.78 is 9.90. The number of aliphatic hydroxyl groups excluding tert-OH is 1. The summed E-state index contributed by atoms with van der Waals surface area (Å²) in [5.74, 6) is -2.80. The molecule has 0 saturated heterocycles. The first-order valence-electron chi connectivity index (χ1n) is 6.37. The molecule has 8 nitrogen and oxygen atoms in total. The van der Waals surface area contributed by atoms with Crippen molar-refractivity contribution < 1.29 is 34.4 Å². The number of methoxy groups -OCH3 is 2. The topological polar surface area (TPSA) is 125 Å². The smallest absolute Gasteiger partial charge is 0.414 e. The summed E-state index contributed by atoms with van der Waals surface area (Å²) in [7, 11) is 3.22. The van der Waals surface area contributed by atoms with Gasteiger partial charge in [-0.2, -0.15) is 0 Å². The van der Waals surface area contributed by atoms with Gasteiger partial charge in [-0.3, -0.25) is 0 Å². The maximum Gasteiger partial charge on any atom is 0.414 e. The Balaban J connectivity index is 0.000000626. The highest BCUT2D eigenvalue weighted by Gasteiger charge is 2.04. The van der Waals surface area contributed by atoms with Crippen LogP contribution in [0.1, 0.15) is 5.56 Å². The van der Waals surface area contributed by atoms with Crippen LogP contribution >= 0.6 is 0 Å². The van der Waals surface area contributed by atoms with E-state index in [9.17, 15) is 5.11 Å². The average Bonchev–Trinajstić information content (AvgIpc) is 2.49. The third-order valence-electron chi connectivity index (χ3n) is 2.41. The lowest BCUT2D eigenvalue weighted by Gasteiger charge is -2.10. The van der Waals surface area contributed by atoms with Gasteiger partial charge in [0.25, 0.3) is 0 Å². The first-order chi connectivity index (χ1) is 10.4. The Morgan fingerprint density at radius 1 is 1.14 bits per heavy atom. The molecule has 0 bridgehead atoms. The molecule has 4 N–H and O–H groups in total. The zero-order valence-corrected chi connectivity index (χ0v) is 12.5. The minimum atomic E-state index is -1.82. The Morgan fingerprint density at radius 2 is 1.68 bits per heavy atom. The van der Waals surface area contributed by atoms with E-state index in [2.05, 4.69) is 5.32 Å². The molecule has 8 heteroatoms. The molecule has 0 saturated carbocycles. The van der Waals surface area contributed by atoms with Crippen molar-refractivity contribution in [1.82, 2.24) is 5.32 Å². The standard InChI is InChI=1S/C12H19NO3.C2H2O4/c1-15-9-11(14)8-13-7-10-3-5-12(16-2)6-4-10;3-1(4)2(5)6/h3-6,11,13-14H,7-9H2,1-2H3;(H,3,4)(H,5,6). The number of aliphatic hydroxyl groups is 1. The van der Waals surface area contributed by atoms with Crippen LogP contribution in [0.15, 0.2) is 24.3 Å². The Bertz CT molecular complexity index is 435. The second-order valence-corrected chi connectivity index (χ2v) is 4.20. The van der Waals surface area contributed by atoms with Gasteiger partial charge in [-0.15, -0.1) is 0 Å². The van der Waals surface area contributed by atoms with Crippen LogP contribution in [0.25, 0.3) is 0 Å². The summed E-state index contributed by atoms with van der Waals surface area (Å²) in [5.41, 5.74) is 1.16. The van der Waals surface area contributed by atoms with Crippen LogP contribution in [-0.2, 0) is 20.9 Å². The van der Waals surface area contributed by atoms with Gasteiger partial charge >= 0.3 is 11.9 Å². The Labute approximate surface area is 128 Å². The summed E-state index contributed by atoms with van der Waals surface area (Å²) in [5, 5.41) is 27.3. The van der Waals surface area contributed by atoms with Gasteiger partial charge in [0.2, 0.25) is 0 Å². The number of benzene rings is 1. The van der Waals surface area contributed by atoms with E-state index >= 15 is 0 Å². The van der Waals surface area contributed by atoms with Gasteiger partial charge in [0.05, 0.1) is 19.8 Å². The van der Waals surface area contributed by atoms with Crippen LogP contribution in [0.3, 0.4) is 0 Å². The van der Waals surface area contributed by atoms with E-state index in [1.165, 1.54) is 0 Å². The second kappa shape index (κ2) is 11.5. The molecule has 0 radical (unpaired) electrons. The van der Waals surface area contributed by atoms with Gasteiger partial charge in [0.15, 0.2) is 0 Å². The summed E-state index contributed by atoms with van der Waals surface area (Å²) in [6, 6.07) is 7.83. The van der Waals surface area contributed by atoms with Crippen LogP contribution in [0.2, 0.25) is 0 Å². The Kier molecular flexibility index (Phi) is 10.4. The quantitative estimate of drug-likeness (QED) is 0.516. The molecule has 1 atom stereocenters. The van der Waals surface area contributed by atoms with Crippen molar-refractivity contribution in [3.05, 3.63) is 29.8 Å². The molecular formula is C14H21NO7. The fourth-order valence-electron chi connectivity index (χ4n) is 1.38. The molecule has 0 spiro atoms. The summed E-state index contributed by atoms with van der Waals surface area (Å²) in [4.78, 5) is 18.2. The third kappa shape index (κ3) is 9.70. The molecule has 1 aromatic carbocycles. The summed E-state index contributed by atoms with van der Waals surface area (Å²) in [6.45, 7) is 1.61.